The number of hydrazone groups is 1. The van der Waals surface area contributed by atoms with Crippen LogP contribution in [0.2, 0.25) is 0 Å². The van der Waals surface area contributed by atoms with Gasteiger partial charge in [-0.3, -0.25) is 9.59 Å². The van der Waals surface area contributed by atoms with Crippen molar-refractivity contribution >= 4 is 23.4 Å². The lowest BCUT2D eigenvalue weighted by Crippen LogP contribution is -2.25. The molecule has 1 aliphatic heterocycles. The standard InChI is InChI=1S/C26H25N3O6/c1-16(30)29-26(18-11-8-12-20(13-18)27-24(31)17-9-6-5-7-10-17)35-25(28-29)19-14-21(32-2)23(34-4)22(15-19)33-3/h5-15,26H,1-4H3,(H,27,31)/t26-/m0/s1. The van der Waals surface area contributed by atoms with Crippen LogP contribution in [0.25, 0.3) is 0 Å². The fourth-order valence-electron chi connectivity index (χ4n) is 3.67. The van der Waals surface area contributed by atoms with Crippen LogP contribution in [-0.4, -0.2) is 44.1 Å². The van der Waals surface area contributed by atoms with Crippen LogP contribution >= 0.6 is 0 Å². The molecule has 1 atom stereocenters. The topological polar surface area (TPSA) is 98.7 Å². The molecule has 0 aliphatic carbocycles. The van der Waals surface area contributed by atoms with Gasteiger partial charge in [-0.25, -0.2) is 0 Å². The zero-order valence-corrected chi connectivity index (χ0v) is 19.8. The van der Waals surface area contributed by atoms with Crippen LogP contribution in [0, 0.1) is 0 Å². The van der Waals surface area contributed by atoms with Crippen molar-refractivity contribution in [3.8, 4) is 17.2 Å². The summed E-state index contributed by atoms with van der Waals surface area (Å²) in [5, 5.41) is 8.52. The van der Waals surface area contributed by atoms with E-state index in [1.807, 2.05) is 6.07 Å². The summed E-state index contributed by atoms with van der Waals surface area (Å²) in [6, 6.07) is 19.4. The average Bonchev–Trinajstić information content (AvgIpc) is 3.34. The zero-order chi connectivity index (χ0) is 24.9. The number of ether oxygens (including phenoxy) is 4. The summed E-state index contributed by atoms with van der Waals surface area (Å²) >= 11 is 0. The van der Waals surface area contributed by atoms with Crippen molar-refractivity contribution in [3.05, 3.63) is 83.4 Å². The van der Waals surface area contributed by atoms with Crippen LogP contribution in [0.15, 0.2) is 71.8 Å². The van der Waals surface area contributed by atoms with E-state index in [2.05, 4.69) is 10.4 Å². The van der Waals surface area contributed by atoms with Crippen molar-refractivity contribution in [2.75, 3.05) is 26.6 Å². The summed E-state index contributed by atoms with van der Waals surface area (Å²) in [5.41, 5.74) is 2.28. The lowest BCUT2D eigenvalue weighted by atomic mass is 10.1. The van der Waals surface area contributed by atoms with E-state index in [0.717, 1.165) is 0 Å². The molecule has 4 rings (SSSR count). The number of methoxy groups -OCH3 is 3. The Morgan fingerprint density at radius 3 is 2.20 bits per heavy atom. The lowest BCUT2D eigenvalue weighted by Gasteiger charge is -2.20. The highest BCUT2D eigenvalue weighted by molar-refractivity contribution is 6.04. The third-order valence-electron chi connectivity index (χ3n) is 5.34. The van der Waals surface area contributed by atoms with Gasteiger partial charge in [-0.15, -0.1) is 5.10 Å². The van der Waals surface area contributed by atoms with Crippen molar-refractivity contribution in [3.63, 3.8) is 0 Å². The fourth-order valence-corrected chi connectivity index (χ4v) is 3.67. The molecule has 9 heteroatoms. The normalized spacial score (nSPS) is 14.6. The van der Waals surface area contributed by atoms with Gasteiger partial charge in [0.2, 0.25) is 23.8 Å². The predicted octanol–water partition coefficient (Wildman–Crippen LogP) is 4.20. The number of carbonyl (C=O) groups is 2. The van der Waals surface area contributed by atoms with Gasteiger partial charge in [-0.2, -0.15) is 5.01 Å². The van der Waals surface area contributed by atoms with Gasteiger partial charge in [-0.05, 0) is 36.4 Å². The Morgan fingerprint density at radius 2 is 1.60 bits per heavy atom. The van der Waals surface area contributed by atoms with Crippen molar-refractivity contribution in [2.45, 2.75) is 13.2 Å². The Hall–Kier alpha value is -4.53. The summed E-state index contributed by atoms with van der Waals surface area (Å²) in [6.45, 7) is 1.40. The lowest BCUT2D eigenvalue weighted by molar-refractivity contribution is -0.135. The summed E-state index contributed by atoms with van der Waals surface area (Å²) < 4.78 is 22.3. The summed E-state index contributed by atoms with van der Waals surface area (Å²) in [5.74, 6) is 0.944. The first-order valence-electron chi connectivity index (χ1n) is 10.8. The molecule has 0 bridgehead atoms. The van der Waals surface area contributed by atoms with Gasteiger partial charge in [0, 0.05) is 29.3 Å². The van der Waals surface area contributed by atoms with E-state index in [9.17, 15) is 9.59 Å². The molecule has 0 unspecified atom stereocenters. The van der Waals surface area contributed by atoms with Crippen LogP contribution in [0.1, 0.15) is 34.6 Å². The van der Waals surface area contributed by atoms with Gasteiger partial charge in [0.1, 0.15) is 0 Å². The maximum absolute atomic E-state index is 12.6. The number of carbonyl (C=O) groups excluding carboxylic acids is 2. The first-order chi connectivity index (χ1) is 16.9. The molecule has 35 heavy (non-hydrogen) atoms. The molecule has 1 N–H and O–H groups in total. The Balaban J connectivity index is 1.62. The third kappa shape index (κ3) is 4.89. The molecule has 180 valence electrons. The first-order valence-corrected chi connectivity index (χ1v) is 10.8. The number of rotatable bonds is 7. The molecule has 0 radical (unpaired) electrons. The number of amides is 2. The summed E-state index contributed by atoms with van der Waals surface area (Å²) in [7, 11) is 4.54. The van der Waals surface area contributed by atoms with Gasteiger partial charge in [-0.1, -0.05) is 30.3 Å². The Labute approximate surface area is 202 Å². The molecule has 3 aromatic carbocycles. The highest BCUT2D eigenvalue weighted by Crippen LogP contribution is 2.40. The number of anilines is 1. The molecule has 9 nitrogen and oxygen atoms in total. The fraction of sp³-hybridized carbons (Fsp3) is 0.192. The van der Waals surface area contributed by atoms with Gasteiger partial charge in [0.25, 0.3) is 5.91 Å². The van der Waals surface area contributed by atoms with E-state index in [0.29, 0.717) is 39.6 Å². The van der Waals surface area contributed by atoms with Gasteiger partial charge in [0.15, 0.2) is 11.5 Å². The molecule has 0 saturated carbocycles. The van der Waals surface area contributed by atoms with Gasteiger partial charge < -0.3 is 24.3 Å². The van der Waals surface area contributed by atoms with E-state index in [1.54, 1.807) is 60.7 Å². The molecule has 1 aliphatic rings. The second kappa shape index (κ2) is 10.2. The van der Waals surface area contributed by atoms with Crippen molar-refractivity contribution < 1.29 is 28.5 Å². The number of hydrogen-bond donors (Lipinski definition) is 1. The number of nitrogens with one attached hydrogen (secondary N) is 1. The number of nitrogens with zero attached hydrogens (tertiary/aromatic N) is 2. The van der Waals surface area contributed by atoms with Crippen LogP contribution < -0.4 is 19.5 Å². The van der Waals surface area contributed by atoms with E-state index < -0.39 is 6.23 Å². The molecule has 0 saturated heterocycles. The largest absolute Gasteiger partial charge is 0.493 e. The molecule has 1 heterocycles. The second-order valence-electron chi connectivity index (χ2n) is 7.60. The van der Waals surface area contributed by atoms with E-state index in [-0.39, 0.29) is 17.7 Å². The maximum atomic E-state index is 12.6. The van der Waals surface area contributed by atoms with Gasteiger partial charge >= 0.3 is 0 Å². The number of hydrogen-bond acceptors (Lipinski definition) is 7. The molecular weight excluding hydrogens is 450 g/mol. The van der Waals surface area contributed by atoms with Crippen LogP contribution in [0.4, 0.5) is 5.69 Å². The molecule has 3 aromatic rings. The van der Waals surface area contributed by atoms with Gasteiger partial charge in [0.05, 0.1) is 21.3 Å². The number of benzene rings is 3. The molecular formula is C26H25N3O6. The highest BCUT2D eigenvalue weighted by Gasteiger charge is 2.34. The monoisotopic (exact) mass is 475 g/mol. The van der Waals surface area contributed by atoms with Crippen LogP contribution in [-0.2, 0) is 9.53 Å². The SMILES string of the molecule is COc1cc(C2=NN(C(C)=O)[C@H](c3cccc(NC(=O)c4ccccc4)c3)O2)cc(OC)c1OC. The molecule has 0 fully saturated rings. The molecule has 2 amide bonds. The zero-order valence-electron chi connectivity index (χ0n) is 19.8. The van der Waals surface area contributed by atoms with E-state index >= 15 is 0 Å². The quantitative estimate of drug-likeness (QED) is 0.550. The third-order valence-corrected chi connectivity index (χ3v) is 5.34. The summed E-state index contributed by atoms with van der Waals surface area (Å²) in [6.07, 6.45) is -0.824. The molecule has 0 aromatic heterocycles. The van der Waals surface area contributed by atoms with Crippen molar-refractivity contribution in [1.82, 2.24) is 5.01 Å². The Bertz CT molecular complexity index is 1250. The minimum Gasteiger partial charge on any atom is -0.493 e. The Morgan fingerprint density at radius 1 is 0.914 bits per heavy atom. The van der Waals surface area contributed by atoms with Crippen LogP contribution in [0.3, 0.4) is 0 Å². The molecule has 0 spiro atoms. The minimum atomic E-state index is -0.824. The maximum Gasteiger partial charge on any atom is 0.255 e. The van der Waals surface area contributed by atoms with Crippen molar-refractivity contribution in [2.24, 2.45) is 5.10 Å². The average molecular weight is 476 g/mol. The summed E-state index contributed by atoms with van der Waals surface area (Å²) in [4.78, 5) is 25.0. The second-order valence-corrected chi connectivity index (χ2v) is 7.60. The first kappa shape index (κ1) is 23.6. The van der Waals surface area contributed by atoms with E-state index in [1.165, 1.54) is 33.3 Å². The smallest absolute Gasteiger partial charge is 0.255 e. The van der Waals surface area contributed by atoms with Crippen molar-refractivity contribution in [1.29, 1.82) is 0 Å². The highest BCUT2D eigenvalue weighted by atomic mass is 16.5. The minimum absolute atomic E-state index is 0.211. The Kier molecular flexibility index (Phi) is 6.86. The predicted molar refractivity (Wildman–Crippen MR) is 130 cm³/mol. The van der Waals surface area contributed by atoms with E-state index in [4.69, 9.17) is 18.9 Å². The van der Waals surface area contributed by atoms with Crippen LogP contribution in [0.5, 0.6) is 17.2 Å².